The number of fused-ring (bicyclic) bond motifs is 1. The highest BCUT2D eigenvalue weighted by molar-refractivity contribution is 6.11. The summed E-state index contributed by atoms with van der Waals surface area (Å²) in [7, 11) is 1.83. The number of hydrogen-bond acceptors (Lipinski definition) is 6. The van der Waals surface area contributed by atoms with Crippen LogP contribution in [0.4, 0.5) is 17.3 Å². The molecule has 0 aliphatic heterocycles. The maximum Gasteiger partial charge on any atom is 0.276 e. The molecule has 162 valence electrons. The zero-order valence-electron chi connectivity index (χ0n) is 18.1. The van der Waals surface area contributed by atoms with Gasteiger partial charge in [-0.1, -0.05) is 24.3 Å². The molecule has 1 amide bonds. The van der Waals surface area contributed by atoms with E-state index in [-0.39, 0.29) is 5.91 Å². The van der Waals surface area contributed by atoms with Crippen LogP contribution in [0.15, 0.2) is 79.3 Å². The summed E-state index contributed by atoms with van der Waals surface area (Å²) in [6.07, 6.45) is 5.18. The van der Waals surface area contributed by atoms with E-state index in [2.05, 4.69) is 30.7 Å². The summed E-state index contributed by atoms with van der Waals surface area (Å²) in [5, 5.41) is 11.4. The Balaban J connectivity index is 1.39. The van der Waals surface area contributed by atoms with E-state index in [0.717, 1.165) is 33.4 Å². The van der Waals surface area contributed by atoms with Gasteiger partial charge in [0.2, 0.25) is 5.95 Å². The highest BCUT2D eigenvalue weighted by Crippen LogP contribution is 2.25. The number of nitrogens with one attached hydrogen (secondary N) is 2. The second kappa shape index (κ2) is 8.51. The predicted molar refractivity (Wildman–Crippen MR) is 128 cm³/mol. The molecule has 3 heterocycles. The van der Waals surface area contributed by atoms with Crippen LogP contribution in [-0.4, -0.2) is 30.6 Å². The van der Waals surface area contributed by atoms with E-state index in [0.29, 0.717) is 17.3 Å². The van der Waals surface area contributed by atoms with Crippen LogP contribution >= 0.6 is 0 Å². The van der Waals surface area contributed by atoms with Crippen molar-refractivity contribution in [1.29, 1.82) is 0 Å². The van der Waals surface area contributed by atoms with E-state index in [4.69, 9.17) is 0 Å². The number of hydrogen-bond donors (Lipinski definition) is 2. The summed E-state index contributed by atoms with van der Waals surface area (Å²) in [5.74, 6) is 0.190. The Hall–Kier alpha value is -4.59. The van der Waals surface area contributed by atoms with Crippen LogP contribution in [0.1, 0.15) is 16.1 Å². The summed E-state index contributed by atoms with van der Waals surface area (Å²) in [6, 6.07) is 19.0. The quantitative estimate of drug-likeness (QED) is 0.414. The van der Waals surface area contributed by atoms with Crippen molar-refractivity contribution < 1.29 is 4.79 Å². The van der Waals surface area contributed by atoms with E-state index in [1.807, 2.05) is 74.6 Å². The highest BCUT2D eigenvalue weighted by Gasteiger charge is 2.16. The third-order valence-corrected chi connectivity index (χ3v) is 5.33. The number of benzene rings is 2. The number of rotatable bonds is 5. The lowest BCUT2D eigenvalue weighted by molar-refractivity contribution is 0.102. The van der Waals surface area contributed by atoms with Crippen molar-refractivity contribution in [2.75, 3.05) is 10.6 Å². The second-order valence-corrected chi connectivity index (χ2v) is 7.61. The first kappa shape index (κ1) is 20.3. The minimum atomic E-state index is -0.267. The first-order valence-corrected chi connectivity index (χ1v) is 10.4. The molecular formula is C25H21N7O. The smallest absolute Gasteiger partial charge is 0.276 e. The molecule has 2 aromatic carbocycles. The molecule has 0 aliphatic rings. The van der Waals surface area contributed by atoms with Crippen molar-refractivity contribution in [3.05, 3.63) is 90.5 Å². The Morgan fingerprint density at radius 3 is 2.73 bits per heavy atom. The van der Waals surface area contributed by atoms with Gasteiger partial charge in [0.05, 0.1) is 11.2 Å². The molecule has 0 aliphatic carbocycles. The van der Waals surface area contributed by atoms with E-state index in [1.54, 1.807) is 23.3 Å². The van der Waals surface area contributed by atoms with Crippen LogP contribution in [-0.2, 0) is 7.05 Å². The van der Waals surface area contributed by atoms with E-state index < -0.39 is 0 Å². The van der Waals surface area contributed by atoms with E-state index in [9.17, 15) is 4.79 Å². The second-order valence-electron chi connectivity index (χ2n) is 7.61. The average molecular weight is 435 g/mol. The summed E-state index contributed by atoms with van der Waals surface area (Å²) in [5.41, 5.74) is 5.39. The zero-order valence-corrected chi connectivity index (χ0v) is 18.1. The van der Waals surface area contributed by atoms with Crippen molar-refractivity contribution in [3.63, 3.8) is 0 Å². The van der Waals surface area contributed by atoms with Crippen LogP contribution in [0.3, 0.4) is 0 Å². The number of amides is 1. The van der Waals surface area contributed by atoms with Crippen molar-refractivity contribution in [1.82, 2.24) is 24.7 Å². The van der Waals surface area contributed by atoms with Gasteiger partial charge in [-0.2, -0.15) is 5.10 Å². The van der Waals surface area contributed by atoms with Crippen molar-refractivity contribution in [3.8, 4) is 11.3 Å². The van der Waals surface area contributed by atoms with E-state index in [1.165, 1.54) is 0 Å². The number of carbonyl (C=O) groups excluding carboxylic acids is 1. The lowest BCUT2D eigenvalue weighted by atomic mass is 10.1. The number of pyridine rings is 1. The monoisotopic (exact) mass is 435 g/mol. The maximum absolute atomic E-state index is 13.0. The molecule has 8 heteroatoms. The van der Waals surface area contributed by atoms with Crippen molar-refractivity contribution in [2.45, 2.75) is 6.92 Å². The fourth-order valence-electron chi connectivity index (χ4n) is 3.62. The van der Waals surface area contributed by atoms with Crippen LogP contribution in [0.2, 0.25) is 0 Å². The van der Waals surface area contributed by atoms with Gasteiger partial charge < -0.3 is 10.6 Å². The molecule has 0 fully saturated rings. The fourth-order valence-corrected chi connectivity index (χ4v) is 3.62. The number of para-hydroxylation sites is 1. The molecular weight excluding hydrogens is 414 g/mol. The summed E-state index contributed by atoms with van der Waals surface area (Å²) in [4.78, 5) is 26.0. The Morgan fingerprint density at radius 2 is 1.88 bits per heavy atom. The molecule has 0 unspecified atom stereocenters. The molecule has 0 radical (unpaired) electrons. The largest absolute Gasteiger partial charge is 0.324 e. The number of aromatic nitrogens is 5. The molecule has 0 saturated carbocycles. The molecule has 2 N–H and O–H groups in total. The molecule has 0 saturated heterocycles. The minimum absolute atomic E-state index is 0.267. The number of carbonyl (C=O) groups is 1. The molecule has 3 aromatic heterocycles. The molecule has 5 aromatic rings. The maximum atomic E-state index is 13.0. The Morgan fingerprint density at radius 1 is 1.00 bits per heavy atom. The average Bonchev–Trinajstić information content (AvgIpc) is 3.19. The lowest BCUT2D eigenvalue weighted by Gasteiger charge is -2.12. The fraction of sp³-hybridized carbons (Fsp3) is 0.0800. The Bertz CT molecular complexity index is 1460. The van der Waals surface area contributed by atoms with Crippen LogP contribution in [0.25, 0.3) is 22.2 Å². The minimum Gasteiger partial charge on any atom is -0.324 e. The molecule has 0 bridgehead atoms. The number of nitrogens with zero attached hydrogens (tertiary/aromatic N) is 5. The highest BCUT2D eigenvalue weighted by atomic mass is 16.2. The first-order chi connectivity index (χ1) is 16.1. The molecule has 33 heavy (non-hydrogen) atoms. The standard InChI is InChI=1S/C25H21N7O/c1-16-9-10-18(28-24(33)23-19-7-3-4-8-22(19)32(2)31-23)14-21(16)30-25-27-13-11-20(29-25)17-6-5-12-26-15-17/h3-15H,1-2H3,(H,28,33)(H,27,29,30). The third kappa shape index (κ3) is 4.14. The zero-order chi connectivity index (χ0) is 22.8. The van der Waals surface area contributed by atoms with Gasteiger partial charge in [-0.15, -0.1) is 0 Å². The van der Waals surface area contributed by atoms with Gasteiger partial charge >= 0.3 is 0 Å². The third-order valence-electron chi connectivity index (χ3n) is 5.33. The molecule has 5 rings (SSSR count). The van der Waals surface area contributed by atoms with Crippen molar-refractivity contribution in [2.24, 2.45) is 7.05 Å². The molecule has 0 spiro atoms. The van der Waals surface area contributed by atoms with Gasteiger partial charge in [0, 0.05) is 48.0 Å². The van der Waals surface area contributed by atoms with Crippen molar-refractivity contribution >= 4 is 34.1 Å². The molecule has 8 nitrogen and oxygen atoms in total. The van der Waals surface area contributed by atoms with Gasteiger partial charge in [-0.3, -0.25) is 14.5 Å². The van der Waals surface area contributed by atoms with Gasteiger partial charge in [-0.25, -0.2) is 9.97 Å². The normalized spacial score (nSPS) is 10.8. The van der Waals surface area contributed by atoms with Crippen LogP contribution in [0, 0.1) is 6.92 Å². The summed E-state index contributed by atoms with van der Waals surface area (Å²) < 4.78 is 1.71. The van der Waals surface area contributed by atoms with Gasteiger partial charge in [-0.05, 0) is 48.9 Å². The Labute approximate surface area is 190 Å². The van der Waals surface area contributed by atoms with Gasteiger partial charge in [0.1, 0.15) is 0 Å². The first-order valence-electron chi connectivity index (χ1n) is 10.4. The number of aryl methyl sites for hydroxylation is 2. The lowest BCUT2D eigenvalue weighted by Crippen LogP contribution is -2.13. The topological polar surface area (TPSA) is 97.6 Å². The predicted octanol–water partition coefficient (Wildman–Crippen LogP) is 4.73. The summed E-state index contributed by atoms with van der Waals surface area (Å²) in [6.45, 7) is 1.98. The number of anilines is 3. The van der Waals surface area contributed by atoms with Gasteiger partial charge in [0.25, 0.3) is 5.91 Å². The molecule has 0 atom stereocenters. The van der Waals surface area contributed by atoms with E-state index >= 15 is 0 Å². The Kier molecular flexibility index (Phi) is 5.24. The van der Waals surface area contributed by atoms with Crippen LogP contribution in [0.5, 0.6) is 0 Å². The summed E-state index contributed by atoms with van der Waals surface area (Å²) >= 11 is 0. The van der Waals surface area contributed by atoms with Gasteiger partial charge in [0.15, 0.2) is 5.69 Å². The SMILES string of the molecule is Cc1ccc(NC(=O)c2nn(C)c3ccccc23)cc1Nc1nccc(-c2cccnc2)n1. The van der Waals surface area contributed by atoms with Crippen LogP contribution < -0.4 is 10.6 Å².